The molecule has 1 aliphatic heterocycles. The van der Waals surface area contributed by atoms with E-state index >= 15 is 0 Å². The van der Waals surface area contributed by atoms with Gasteiger partial charge in [-0.15, -0.1) is 0 Å². The quantitative estimate of drug-likeness (QED) is 0.901. The number of nitrogens with zero attached hydrogens (tertiary/aromatic N) is 2. The topological polar surface area (TPSA) is 29.9 Å². The minimum Gasteiger partial charge on any atom is -0.315 e. The van der Waals surface area contributed by atoms with E-state index in [0.717, 1.165) is 35.8 Å². The highest BCUT2D eigenvalue weighted by Crippen LogP contribution is 2.27. The van der Waals surface area contributed by atoms with Gasteiger partial charge in [0.05, 0.1) is 11.7 Å². The molecular formula is C14H16ClN3. The highest BCUT2D eigenvalue weighted by molar-refractivity contribution is 6.30. The molecule has 1 aromatic heterocycles. The molecule has 1 saturated heterocycles. The summed E-state index contributed by atoms with van der Waals surface area (Å²) in [4.78, 5) is 0. The van der Waals surface area contributed by atoms with Crippen LogP contribution in [0.15, 0.2) is 30.5 Å². The van der Waals surface area contributed by atoms with Crippen LogP contribution in [0.3, 0.4) is 0 Å². The molecular weight excluding hydrogens is 246 g/mol. The Kier molecular flexibility index (Phi) is 3.10. The lowest BCUT2D eigenvalue weighted by molar-refractivity contribution is 0.488. The van der Waals surface area contributed by atoms with Crippen molar-refractivity contribution in [3.63, 3.8) is 0 Å². The molecule has 1 aliphatic rings. The molecule has 1 atom stereocenters. The Bertz CT molecular complexity index is 556. The summed E-state index contributed by atoms with van der Waals surface area (Å²) in [5, 5.41) is 8.76. The van der Waals surface area contributed by atoms with Crippen molar-refractivity contribution in [3.05, 3.63) is 41.2 Å². The second kappa shape index (κ2) is 4.75. The molecule has 0 bridgehead atoms. The summed E-state index contributed by atoms with van der Waals surface area (Å²) in [5.74, 6) is 0. The van der Waals surface area contributed by atoms with Crippen molar-refractivity contribution in [1.82, 2.24) is 15.1 Å². The zero-order chi connectivity index (χ0) is 12.5. The monoisotopic (exact) mass is 261 g/mol. The van der Waals surface area contributed by atoms with Gasteiger partial charge in [-0.1, -0.05) is 23.7 Å². The summed E-state index contributed by atoms with van der Waals surface area (Å²) in [6.07, 6.45) is 3.29. The number of halogens is 1. The van der Waals surface area contributed by atoms with E-state index in [9.17, 15) is 0 Å². The van der Waals surface area contributed by atoms with Crippen molar-refractivity contribution in [3.8, 4) is 11.1 Å². The SMILES string of the molecule is Cc1nn(C2CCNC2)cc1-c1cccc(Cl)c1. The van der Waals surface area contributed by atoms with Crippen LogP contribution >= 0.6 is 11.6 Å². The molecule has 1 N–H and O–H groups in total. The van der Waals surface area contributed by atoms with Gasteiger partial charge in [0.2, 0.25) is 0 Å². The molecule has 2 aromatic rings. The fourth-order valence-corrected chi connectivity index (χ4v) is 2.66. The van der Waals surface area contributed by atoms with E-state index in [2.05, 4.69) is 34.3 Å². The molecule has 0 saturated carbocycles. The maximum Gasteiger partial charge on any atom is 0.0672 e. The zero-order valence-electron chi connectivity index (χ0n) is 10.4. The van der Waals surface area contributed by atoms with Gasteiger partial charge in [0.15, 0.2) is 0 Å². The van der Waals surface area contributed by atoms with E-state index < -0.39 is 0 Å². The summed E-state index contributed by atoms with van der Waals surface area (Å²) in [6.45, 7) is 4.14. The Morgan fingerprint density at radius 3 is 3.06 bits per heavy atom. The maximum absolute atomic E-state index is 6.04. The van der Waals surface area contributed by atoms with Crippen molar-refractivity contribution < 1.29 is 0 Å². The van der Waals surface area contributed by atoms with E-state index in [1.165, 1.54) is 5.56 Å². The molecule has 0 aliphatic carbocycles. The maximum atomic E-state index is 6.04. The molecule has 3 nitrogen and oxygen atoms in total. The molecule has 0 radical (unpaired) electrons. The smallest absolute Gasteiger partial charge is 0.0672 e. The molecule has 18 heavy (non-hydrogen) atoms. The molecule has 0 amide bonds. The number of aromatic nitrogens is 2. The normalized spacial score (nSPS) is 19.3. The van der Waals surface area contributed by atoms with Crippen LogP contribution in [0, 0.1) is 6.92 Å². The van der Waals surface area contributed by atoms with Gasteiger partial charge in [0, 0.05) is 23.3 Å². The lowest BCUT2D eigenvalue weighted by Crippen LogP contribution is -2.13. The molecule has 1 unspecified atom stereocenters. The van der Waals surface area contributed by atoms with Gasteiger partial charge in [-0.25, -0.2) is 0 Å². The highest BCUT2D eigenvalue weighted by atomic mass is 35.5. The van der Waals surface area contributed by atoms with Crippen LogP contribution in [0.2, 0.25) is 5.02 Å². The Morgan fingerprint density at radius 2 is 2.33 bits per heavy atom. The van der Waals surface area contributed by atoms with E-state index in [0.29, 0.717) is 6.04 Å². The number of rotatable bonds is 2. The summed E-state index contributed by atoms with van der Waals surface area (Å²) >= 11 is 6.04. The standard InChI is InChI=1S/C14H16ClN3/c1-10-14(11-3-2-4-12(15)7-11)9-18(17-10)13-5-6-16-8-13/h2-4,7,9,13,16H,5-6,8H2,1H3. The van der Waals surface area contributed by atoms with Crippen LogP contribution in [-0.2, 0) is 0 Å². The van der Waals surface area contributed by atoms with Crippen molar-refractivity contribution >= 4 is 11.6 Å². The third kappa shape index (κ3) is 2.16. The van der Waals surface area contributed by atoms with Crippen LogP contribution in [0.5, 0.6) is 0 Å². The summed E-state index contributed by atoms with van der Waals surface area (Å²) in [5.41, 5.74) is 3.37. The highest BCUT2D eigenvalue weighted by Gasteiger charge is 2.18. The molecule has 3 rings (SSSR count). The van der Waals surface area contributed by atoms with Gasteiger partial charge in [0.1, 0.15) is 0 Å². The fourth-order valence-electron chi connectivity index (χ4n) is 2.47. The molecule has 1 fully saturated rings. The third-order valence-corrected chi connectivity index (χ3v) is 3.70. The second-order valence-corrected chi connectivity index (χ2v) is 5.20. The zero-order valence-corrected chi connectivity index (χ0v) is 11.1. The molecule has 0 spiro atoms. The van der Waals surface area contributed by atoms with Gasteiger partial charge in [-0.3, -0.25) is 4.68 Å². The molecule has 94 valence electrons. The van der Waals surface area contributed by atoms with Crippen LogP contribution in [0.4, 0.5) is 0 Å². The Hall–Kier alpha value is -1.32. The van der Waals surface area contributed by atoms with E-state index in [-0.39, 0.29) is 0 Å². The minimum atomic E-state index is 0.483. The van der Waals surface area contributed by atoms with Crippen molar-refractivity contribution in [2.75, 3.05) is 13.1 Å². The number of hydrogen-bond acceptors (Lipinski definition) is 2. The van der Waals surface area contributed by atoms with Crippen molar-refractivity contribution in [1.29, 1.82) is 0 Å². The van der Waals surface area contributed by atoms with E-state index in [1.54, 1.807) is 0 Å². The average Bonchev–Trinajstić information content (AvgIpc) is 2.97. The largest absolute Gasteiger partial charge is 0.315 e. The fraction of sp³-hybridized carbons (Fsp3) is 0.357. The summed E-state index contributed by atoms with van der Waals surface area (Å²) in [6, 6.07) is 8.42. The second-order valence-electron chi connectivity index (χ2n) is 4.77. The summed E-state index contributed by atoms with van der Waals surface area (Å²) in [7, 11) is 0. The van der Waals surface area contributed by atoms with Gasteiger partial charge >= 0.3 is 0 Å². The number of nitrogens with one attached hydrogen (secondary N) is 1. The third-order valence-electron chi connectivity index (χ3n) is 3.46. The first-order valence-electron chi connectivity index (χ1n) is 6.26. The van der Waals surface area contributed by atoms with Crippen molar-refractivity contribution in [2.24, 2.45) is 0 Å². The Morgan fingerprint density at radius 1 is 1.44 bits per heavy atom. The van der Waals surface area contributed by atoms with E-state index in [1.807, 2.05) is 18.2 Å². The van der Waals surface area contributed by atoms with Crippen molar-refractivity contribution in [2.45, 2.75) is 19.4 Å². The van der Waals surface area contributed by atoms with Crippen LogP contribution in [0.25, 0.3) is 11.1 Å². The number of benzene rings is 1. The number of hydrogen-bond donors (Lipinski definition) is 1. The molecule has 1 aromatic carbocycles. The summed E-state index contributed by atoms with van der Waals surface area (Å²) < 4.78 is 2.09. The predicted molar refractivity (Wildman–Crippen MR) is 73.9 cm³/mol. The van der Waals surface area contributed by atoms with Gasteiger partial charge in [-0.05, 0) is 37.6 Å². The first-order chi connectivity index (χ1) is 8.74. The first kappa shape index (κ1) is 11.8. The Labute approximate surface area is 112 Å². The Balaban J connectivity index is 1.97. The minimum absolute atomic E-state index is 0.483. The molecule has 4 heteroatoms. The first-order valence-corrected chi connectivity index (χ1v) is 6.64. The van der Waals surface area contributed by atoms with Crippen LogP contribution in [-0.4, -0.2) is 22.9 Å². The van der Waals surface area contributed by atoms with Gasteiger partial charge in [-0.2, -0.15) is 5.10 Å². The molecule has 2 heterocycles. The predicted octanol–water partition coefficient (Wildman–Crippen LogP) is 3.05. The van der Waals surface area contributed by atoms with Gasteiger partial charge in [0.25, 0.3) is 0 Å². The van der Waals surface area contributed by atoms with Crippen LogP contribution < -0.4 is 5.32 Å². The van der Waals surface area contributed by atoms with E-state index in [4.69, 9.17) is 11.6 Å². The van der Waals surface area contributed by atoms with Gasteiger partial charge < -0.3 is 5.32 Å². The van der Waals surface area contributed by atoms with Crippen LogP contribution in [0.1, 0.15) is 18.2 Å². The number of aryl methyl sites for hydroxylation is 1. The average molecular weight is 262 g/mol. The lowest BCUT2D eigenvalue weighted by atomic mass is 10.1. The lowest BCUT2D eigenvalue weighted by Gasteiger charge is -2.07.